The van der Waals surface area contributed by atoms with Crippen molar-refractivity contribution in [3.63, 3.8) is 0 Å². The Bertz CT molecular complexity index is 572. The van der Waals surface area contributed by atoms with E-state index in [1.165, 1.54) is 0 Å². The predicted molar refractivity (Wildman–Crippen MR) is 78.0 cm³/mol. The highest BCUT2D eigenvalue weighted by molar-refractivity contribution is 7.89. The molecule has 0 aliphatic rings. The molecule has 1 aromatic carbocycles. The van der Waals surface area contributed by atoms with Crippen LogP contribution in [0.25, 0.3) is 0 Å². The van der Waals surface area contributed by atoms with Crippen LogP contribution in [0.4, 0.5) is 8.78 Å². The molecule has 0 amide bonds. The molecule has 2 N–H and O–H groups in total. The highest BCUT2D eigenvalue weighted by Crippen LogP contribution is 2.28. The summed E-state index contributed by atoms with van der Waals surface area (Å²) < 4.78 is 59.5. The van der Waals surface area contributed by atoms with Crippen molar-refractivity contribution in [2.24, 2.45) is 0 Å². The number of methoxy groups -OCH3 is 1. The van der Waals surface area contributed by atoms with E-state index in [2.05, 4.69) is 14.8 Å². The quantitative estimate of drug-likeness (QED) is 0.619. The zero-order valence-electron chi connectivity index (χ0n) is 11.8. The number of sulfonamides is 1. The molecule has 0 heterocycles. The molecule has 126 valence electrons. The zero-order chi connectivity index (χ0) is 16.6. The fourth-order valence-electron chi connectivity index (χ4n) is 1.50. The fraction of sp³-hybridized carbons (Fsp3) is 0.500. The molecule has 0 bridgehead atoms. The lowest BCUT2D eigenvalue weighted by Gasteiger charge is -2.10. The van der Waals surface area contributed by atoms with Crippen LogP contribution in [0.15, 0.2) is 23.1 Å². The molecule has 6 nitrogen and oxygen atoms in total. The third-order valence-electron chi connectivity index (χ3n) is 2.51. The first-order valence-corrected chi connectivity index (χ1v) is 8.16. The van der Waals surface area contributed by atoms with Gasteiger partial charge in [-0.05, 0) is 18.2 Å². The molecule has 0 aliphatic heterocycles. The molecule has 0 saturated carbocycles. The van der Waals surface area contributed by atoms with Crippen LogP contribution < -0.4 is 14.8 Å². The standard InChI is InChI=1S/C12H17ClF2N2O4S/c1-20-7-6-16-4-5-17-22(18,19)9-2-3-11(10(13)8-9)21-12(14)15/h2-3,8,12,16-17H,4-7H2,1H3. The van der Waals surface area contributed by atoms with Gasteiger partial charge in [0.2, 0.25) is 10.0 Å². The Morgan fingerprint density at radius 1 is 1.27 bits per heavy atom. The van der Waals surface area contributed by atoms with E-state index in [0.717, 1.165) is 18.2 Å². The van der Waals surface area contributed by atoms with Gasteiger partial charge in [-0.2, -0.15) is 8.78 Å². The summed E-state index contributed by atoms with van der Waals surface area (Å²) in [7, 11) is -2.20. The molecule has 0 spiro atoms. The van der Waals surface area contributed by atoms with E-state index < -0.39 is 16.6 Å². The van der Waals surface area contributed by atoms with Crippen LogP contribution in [0.1, 0.15) is 0 Å². The lowest BCUT2D eigenvalue weighted by atomic mass is 10.3. The van der Waals surface area contributed by atoms with Gasteiger partial charge >= 0.3 is 6.61 Å². The van der Waals surface area contributed by atoms with Crippen molar-refractivity contribution in [3.05, 3.63) is 23.2 Å². The van der Waals surface area contributed by atoms with Gasteiger partial charge in [-0.3, -0.25) is 0 Å². The van der Waals surface area contributed by atoms with Crippen molar-refractivity contribution in [3.8, 4) is 5.75 Å². The number of halogens is 3. The lowest BCUT2D eigenvalue weighted by Crippen LogP contribution is -2.33. The van der Waals surface area contributed by atoms with Crippen LogP contribution in [-0.2, 0) is 14.8 Å². The normalized spacial score (nSPS) is 11.9. The Morgan fingerprint density at radius 2 is 2.00 bits per heavy atom. The summed E-state index contributed by atoms with van der Waals surface area (Å²) in [5, 5.41) is 2.76. The molecule has 0 aromatic heterocycles. The number of ether oxygens (including phenoxy) is 2. The molecule has 0 aliphatic carbocycles. The Balaban J connectivity index is 2.59. The van der Waals surface area contributed by atoms with E-state index in [4.69, 9.17) is 16.3 Å². The number of hydrogen-bond acceptors (Lipinski definition) is 5. The molecular formula is C12H17ClF2N2O4S. The number of nitrogens with one attached hydrogen (secondary N) is 2. The van der Waals surface area contributed by atoms with Gasteiger partial charge in [0.05, 0.1) is 16.5 Å². The van der Waals surface area contributed by atoms with Gasteiger partial charge < -0.3 is 14.8 Å². The van der Waals surface area contributed by atoms with E-state index in [1.54, 1.807) is 7.11 Å². The second-order valence-corrected chi connectivity index (χ2v) is 6.29. The van der Waals surface area contributed by atoms with E-state index in [1.807, 2.05) is 0 Å². The van der Waals surface area contributed by atoms with Gasteiger partial charge in [0.25, 0.3) is 0 Å². The molecule has 0 radical (unpaired) electrons. The Kier molecular flexibility index (Phi) is 7.97. The molecule has 1 aromatic rings. The van der Waals surface area contributed by atoms with Gasteiger partial charge in [0.1, 0.15) is 5.75 Å². The van der Waals surface area contributed by atoms with Crippen molar-refractivity contribution in [2.75, 3.05) is 33.4 Å². The third kappa shape index (κ3) is 6.41. The summed E-state index contributed by atoms with van der Waals surface area (Å²) in [6.07, 6.45) is 0. The van der Waals surface area contributed by atoms with Crippen molar-refractivity contribution < 1.29 is 26.7 Å². The lowest BCUT2D eigenvalue weighted by molar-refractivity contribution is -0.0498. The maximum Gasteiger partial charge on any atom is 0.387 e. The monoisotopic (exact) mass is 358 g/mol. The fourth-order valence-corrected chi connectivity index (χ4v) is 2.84. The van der Waals surface area contributed by atoms with E-state index in [9.17, 15) is 17.2 Å². The Hall–Kier alpha value is -1.00. The smallest absolute Gasteiger partial charge is 0.387 e. The van der Waals surface area contributed by atoms with Crippen LogP contribution in [-0.4, -0.2) is 48.4 Å². The number of hydrogen-bond donors (Lipinski definition) is 2. The van der Waals surface area contributed by atoms with Crippen LogP contribution in [0.2, 0.25) is 5.02 Å². The van der Waals surface area contributed by atoms with Crippen LogP contribution in [0, 0.1) is 0 Å². The highest BCUT2D eigenvalue weighted by atomic mass is 35.5. The van der Waals surface area contributed by atoms with E-state index in [0.29, 0.717) is 19.7 Å². The van der Waals surface area contributed by atoms with Gasteiger partial charge in [-0.15, -0.1) is 0 Å². The van der Waals surface area contributed by atoms with Gasteiger partial charge in [-0.1, -0.05) is 11.6 Å². The van der Waals surface area contributed by atoms with Crippen molar-refractivity contribution in [1.82, 2.24) is 10.0 Å². The molecule has 0 fully saturated rings. The molecular weight excluding hydrogens is 342 g/mol. The van der Waals surface area contributed by atoms with Crippen LogP contribution >= 0.6 is 11.6 Å². The predicted octanol–water partition coefficient (Wildman–Crippen LogP) is 1.46. The Labute approximate surface area is 132 Å². The van der Waals surface area contributed by atoms with Crippen LogP contribution in [0.3, 0.4) is 0 Å². The van der Waals surface area contributed by atoms with Crippen molar-refractivity contribution in [1.29, 1.82) is 0 Å². The second-order valence-electron chi connectivity index (χ2n) is 4.11. The van der Waals surface area contributed by atoms with Crippen molar-refractivity contribution in [2.45, 2.75) is 11.5 Å². The first-order chi connectivity index (χ1) is 10.4. The second kappa shape index (κ2) is 9.21. The average Bonchev–Trinajstić information content (AvgIpc) is 2.44. The molecule has 22 heavy (non-hydrogen) atoms. The van der Waals surface area contributed by atoms with Gasteiger partial charge in [0, 0.05) is 26.7 Å². The van der Waals surface area contributed by atoms with Crippen molar-refractivity contribution >= 4 is 21.6 Å². The van der Waals surface area contributed by atoms with Crippen LogP contribution in [0.5, 0.6) is 5.75 Å². The zero-order valence-corrected chi connectivity index (χ0v) is 13.4. The number of alkyl halides is 2. The minimum Gasteiger partial charge on any atom is -0.433 e. The molecule has 1 rings (SSSR count). The number of benzene rings is 1. The third-order valence-corrected chi connectivity index (χ3v) is 4.26. The molecule has 0 atom stereocenters. The summed E-state index contributed by atoms with van der Waals surface area (Å²) in [6, 6.07) is 3.28. The summed E-state index contributed by atoms with van der Waals surface area (Å²) in [4.78, 5) is -0.129. The Morgan fingerprint density at radius 3 is 2.59 bits per heavy atom. The SMILES string of the molecule is COCCNCCNS(=O)(=O)c1ccc(OC(F)F)c(Cl)c1. The maximum atomic E-state index is 12.1. The topological polar surface area (TPSA) is 76.7 Å². The minimum atomic E-state index is -3.77. The molecule has 0 saturated heterocycles. The minimum absolute atomic E-state index is 0.129. The summed E-state index contributed by atoms with van der Waals surface area (Å²) in [6.45, 7) is -1.32. The van der Waals surface area contributed by atoms with E-state index in [-0.39, 0.29) is 22.2 Å². The van der Waals surface area contributed by atoms with E-state index >= 15 is 0 Å². The largest absolute Gasteiger partial charge is 0.433 e. The summed E-state index contributed by atoms with van der Waals surface area (Å²) in [5.41, 5.74) is 0. The van der Waals surface area contributed by atoms with Gasteiger partial charge in [-0.25, -0.2) is 13.1 Å². The first kappa shape index (κ1) is 19.0. The number of rotatable bonds is 10. The summed E-state index contributed by atoms with van der Waals surface area (Å²) >= 11 is 5.72. The maximum absolute atomic E-state index is 12.1. The molecule has 10 heteroatoms. The first-order valence-electron chi connectivity index (χ1n) is 6.30. The summed E-state index contributed by atoms with van der Waals surface area (Å²) in [5.74, 6) is -0.281. The highest BCUT2D eigenvalue weighted by Gasteiger charge is 2.16. The van der Waals surface area contributed by atoms with Gasteiger partial charge in [0.15, 0.2) is 0 Å². The molecule has 0 unspecified atom stereocenters. The average molecular weight is 359 g/mol.